The van der Waals surface area contributed by atoms with Gasteiger partial charge in [-0.3, -0.25) is 0 Å². The molecular weight excluding hydrogens is 246 g/mol. The summed E-state index contributed by atoms with van der Waals surface area (Å²) in [5.41, 5.74) is 0.725. The lowest BCUT2D eigenvalue weighted by atomic mass is 10.1. The first-order chi connectivity index (χ1) is 9.03. The fourth-order valence-corrected chi connectivity index (χ4v) is 1.76. The zero-order chi connectivity index (χ0) is 14.4. The number of aliphatic hydroxyl groups excluding tert-OH is 1. The van der Waals surface area contributed by atoms with Crippen molar-refractivity contribution in [2.45, 2.75) is 26.0 Å². The van der Waals surface area contributed by atoms with Crippen molar-refractivity contribution in [3.05, 3.63) is 17.7 Å². The molecule has 2 N–H and O–H groups in total. The van der Waals surface area contributed by atoms with E-state index in [1.807, 2.05) is 13.8 Å². The van der Waals surface area contributed by atoms with Crippen LogP contribution in [-0.4, -0.2) is 39.0 Å². The number of nitrogens with one attached hydrogen (secondary N) is 1. The van der Waals surface area contributed by atoms with Crippen LogP contribution in [0.1, 0.15) is 25.5 Å². The Hall–Kier alpha value is -1.46. The molecule has 0 aliphatic rings. The van der Waals surface area contributed by atoms with E-state index in [0.29, 0.717) is 29.8 Å². The van der Waals surface area contributed by atoms with Gasteiger partial charge in [0.05, 0.1) is 27.4 Å². The Morgan fingerprint density at radius 2 is 1.58 bits per heavy atom. The standard InChI is InChI=1S/C14H23NO4/c1-9(2)15-8-11(16)10-6-12(17-3)14(19-5)13(7-10)18-4/h6-7,9,11,15-16H,8H2,1-5H3. The Labute approximate surface area is 114 Å². The second-order valence-electron chi connectivity index (χ2n) is 4.54. The van der Waals surface area contributed by atoms with E-state index in [9.17, 15) is 5.11 Å². The van der Waals surface area contributed by atoms with Gasteiger partial charge in [-0.25, -0.2) is 0 Å². The summed E-state index contributed by atoms with van der Waals surface area (Å²) in [5.74, 6) is 1.61. The number of aliphatic hydroxyl groups is 1. The van der Waals surface area contributed by atoms with Crippen LogP contribution < -0.4 is 19.5 Å². The third-order valence-corrected chi connectivity index (χ3v) is 2.79. The second kappa shape index (κ2) is 7.21. The molecule has 0 spiro atoms. The van der Waals surface area contributed by atoms with Crippen LogP contribution in [0.2, 0.25) is 0 Å². The molecule has 5 heteroatoms. The van der Waals surface area contributed by atoms with Crippen molar-refractivity contribution in [2.24, 2.45) is 0 Å². The first-order valence-electron chi connectivity index (χ1n) is 6.24. The summed E-state index contributed by atoms with van der Waals surface area (Å²) >= 11 is 0. The van der Waals surface area contributed by atoms with Crippen LogP contribution in [0.15, 0.2) is 12.1 Å². The van der Waals surface area contributed by atoms with E-state index >= 15 is 0 Å². The summed E-state index contributed by atoms with van der Waals surface area (Å²) in [6.07, 6.45) is -0.629. The molecule has 0 bridgehead atoms. The molecule has 1 aromatic carbocycles. The predicted molar refractivity (Wildman–Crippen MR) is 74.2 cm³/mol. The minimum Gasteiger partial charge on any atom is -0.493 e. The van der Waals surface area contributed by atoms with Crippen LogP contribution in [0.4, 0.5) is 0 Å². The smallest absolute Gasteiger partial charge is 0.203 e. The van der Waals surface area contributed by atoms with Gasteiger partial charge in [-0.05, 0) is 17.7 Å². The van der Waals surface area contributed by atoms with Crippen LogP contribution in [0.5, 0.6) is 17.2 Å². The van der Waals surface area contributed by atoms with Gasteiger partial charge < -0.3 is 24.6 Å². The largest absolute Gasteiger partial charge is 0.493 e. The molecule has 0 heterocycles. The maximum absolute atomic E-state index is 10.2. The van der Waals surface area contributed by atoms with Crippen LogP contribution in [0, 0.1) is 0 Å². The average molecular weight is 269 g/mol. The maximum atomic E-state index is 10.2. The number of rotatable bonds is 7. The van der Waals surface area contributed by atoms with Crippen LogP contribution >= 0.6 is 0 Å². The van der Waals surface area contributed by atoms with Crippen molar-refractivity contribution in [1.82, 2.24) is 5.32 Å². The lowest BCUT2D eigenvalue weighted by Gasteiger charge is -2.18. The molecule has 5 nitrogen and oxygen atoms in total. The lowest BCUT2D eigenvalue weighted by molar-refractivity contribution is 0.170. The van der Waals surface area contributed by atoms with Gasteiger partial charge in [-0.2, -0.15) is 0 Å². The predicted octanol–water partition coefficient (Wildman–Crippen LogP) is 1.74. The van der Waals surface area contributed by atoms with Crippen LogP contribution in [0.3, 0.4) is 0 Å². The van der Waals surface area contributed by atoms with E-state index < -0.39 is 6.10 Å². The van der Waals surface area contributed by atoms with E-state index in [-0.39, 0.29) is 0 Å². The highest BCUT2D eigenvalue weighted by Crippen LogP contribution is 2.39. The minimum absolute atomic E-state index is 0.316. The Kier molecular flexibility index (Phi) is 5.92. The van der Waals surface area contributed by atoms with Gasteiger partial charge >= 0.3 is 0 Å². The minimum atomic E-state index is -0.629. The molecule has 1 atom stereocenters. The maximum Gasteiger partial charge on any atom is 0.203 e. The average Bonchev–Trinajstić information content (AvgIpc) is 2.42. The van der Waals surface area contributed by atoms with E-state index in [0.717, 1.165) is 5.56 Å². The molecule has 0 saturated carbocycles. The Morgan fingerprint density at radius 1 is 1.05 bits per heavy atom. The quantitative estimate of drug-likeness (QED) is 0.789. The zero-order valence-electron chi connectivity index (χ0n) is 12.2. The Balaban J connectivity index is 3.01. The molecule has 1 unspecified atom stereocenters. The molecule has 0 aliphatic heterocycles. The first kappa shape index (κ1) is 15.6. The summed E-state index contributed by atoms with van der Waals surface area (Å²) in [6, 6.07) is 3.83. The van der Waals surface area contributed by atoms with Gasteiger partial charge in [0.15, 0.2) is 11.5 Å². The van der Waals surface area contributed by atoms with Crippen LogP contribution in [-0.2, 0) is 0 Å². The SMILES string of the molecule is COc1cc(C(O)CNC(C)C)cc(OC)c1OC. The van der Waals surface area contributed by atoms with Gasteiger partial charge in [0.2, 0.25) is 5.75 Å². The van der Waals surface area contributed by atoms with Crippen LogP contribution in [0.25, 0.3) is 0 Å². The molecule has 1 rings (SSSR count). The topological polar surface area (TPSA) is 60.0 Å². The molecule has 0 fully saturated rings. The number of hydrogen-bond donors (Lipinski definition) is 2. The van der Waals surface area contributed by atoms with Crippen molar-refractivity contribution < 1.29 is 19.3 Å². The Bertz CT molecular complexity index is 381. The van der Waals surface area contributed by atoms with E-state index in [2.05, 4.69) is 5.32 Å². The van der Waals surface area contributed by atoms with Gasteiger partial charge in [0.1, 0.15) is 0 Å². The third kappa shape index (κ3) is 4.01. The number of ether oxygens (including phenoxy) is 3. The molecule has 0 amide bonds. The normalized spacial score (nSPS) is 12.4. The second-order valence-corrected chi connectivity index (χ2v) is 4.54. The molecular formula is C14H23NO4. The van der Waals surface area contributed by atoms with Crippen molar-refractivity contribution in [3.63, 3.8) is 0 Å². The van der Waals surface area contributed by atoms with E-state index in [1.54, 1.807) is 33.5 Å². The molecule has 0 aliphatic carbocycles. The highest BCUT2D eigenvalue weighted by molar-refractivity contribution is 5.54. The zero-order valence-corrected chi connectivity index (χ0v) is 12.2. The van der Waals surface area contributed by atoms with Gasteiger partial charge in [-0.1, -0.05) is 13.8 Å². The molecule has 108 valence electrons. The number of benzene rings is 1. The van der Waals surface area contributed by atoms with Gasteiger partial charge in [0, 0.05) is 12.6 Å². The number of hydrogen-bond acceptors (Lipinski definition) is 5. The molecule has 0 aromatic heterocycles. The number of methoxy groups -OCH3 is 3. The van der Waals surface area contributed by atoms with Crippen molar-refractivity contribution >= 4 is 0 Å². The van der Waals surface area contributed by atoms with Gasteiger partial charge in [0.25, 0.3) is 0 Å². The van der Waals surface area contributed by atoms with E-state index in [1.165, 1.54) is 0 Å². The fourth-order valence-electron chi connectivity index (χ4n) is 1.76. The first-order valence-corrected chi connectivity index (χ1v) is 6.24. The van der Waals surface area contributed by atoms with Crippen molar-refractivity contribution in [3.8, 4) is 17.2 Å². The molecule has 19 heavy (non-hydrogen) atoms. The highest BCUT2D eigenvalue weighted by Gasteiger charge is 2.17. The van der Waals surface area contributed by atoms with E-state index in [4.69, 9.17) is 14.2 Å². The third-order valence-electron chi connectivity index (χ3n) is 2.79. The fraction of sp³-hybridized carbons (Fsp3) is 0.571. The monoisotopic (exact) mass is 269 g/mol. The molecule has 1 aromatic rings. The summed E-state index contributed by atoms with van der Waals surface area (Å²) < 4.78 is 15.8. The van der Waals surface area contributed by atoms with Gasteiger partial charge in [-0.15, -0.1) is 0 Å². The summed E-state index contributed by atoms with van der Waals surface area (Å²) in [5, 5.41) is 13.3. The summed E-state index contributed by atoms with van der Waals surface area (Å²) in [4.78, 5) is 0. The Morgan fingerprint density at radius 3 is 1.95 bits per heavy atom. The lowest BCUT2D eigenvalue weighted by Crippen LogP contribution is -2.27. The summed E-state index contributed by atoms with van der Waals surface area (Å²) in [6.45, 7) is 4.53. The highest BCUT2D eigenvalue weighted by atomic mass is 16.5. The van der Waals surface area contributed by atoms with Crippen molar-refractivity contribution in [2.75, 3.05) is 27.9 Å². The summed E-state index contributed by atoms with van der Waals surface area (Å²) in [7, 11) is 4.66. The molecule has 0 saturated heterocycles. The van der Waals surface area contributed by atoms with Crippen molar-refractivity contribution in [1.29, 1.82) is 0 Å². The molecule has 0 radical (unpaired) electrons.